The molecule has 0 spiro atoms. The van der Waals surface area contributed by atoms with Gasteiger partial charge < -0.3 is 9.71 Å². The normalized spacial score (nSPS) is 19.2. The average Bonchev–Trinajstić information content (AvgIpc) is 3.02. The Morgan fingerprint density at radius 1 is 1.13 bits per heavy atom. The Hall–Kier alpha value is -2.94. The van der Waals surface area contributed by atoms with E-state index in [1.165, 1.54) is 25.0 Å². The van der Waals surface area contributed by atoms with Crippen LogP contribution in [-0.2, 0) is 31.0 Å². The van der Waals surface area contributed by atoms with E-state index in [-0.39, 0.29) is 29.7 Å². The number of benzene rings is 2. The van der Waals surface area contributed by atoms with Crippen LogP contribution < -0.4 is 10.8 Å². The fourth-order valence-corrected chi connectivity index (χ4v) is 5.58. The second-order valence-corrected chi connectivity index (χ2v) is 11.4. The van der Waals surface area contributed by atoms with Gasteiger partial charge in [-0.05, 0) is 35.0 Å². The quantitative estimate of drug-likeness (QED) is 0.313. The van der Waals surface area contributed by atoms with E-state index in [1.807, 2.05) is 0 Å². The first-order valence-corrected chi connectivity index (χ1v) is 12.6. The van der Waals surface area contributed by atoms with E-state index in [0.29, 0.717) is 22.2 Å². The van der Waals surface area contributed by atoms with Crippen LogP contribution in [-0.4, -0.2) is 86.6 Å². The molecule has 1 atom stereocenters. The summed E-state index contributed by atoms with van der Waals surface area (Å²) in [4.78, 5) is 53.4. The lowest BCUT2D eigenvalue weighted by Crippen LogP contribution is -2.59. The van der Waals surface area contributed by atoms with Crippen LogP contribution in [0.5, 0.6) is 0 Å². The number of piperidine rings is 1. The average molecular weight is 533 g/mol. The minimum absolute atomic E-state index is 0.124. The molecule has 0 bridgehead atoms. The highest BCUT2D eigenvalue weighted by Crippen LogP contribution is 2.40. The van der Waals surface area contributed by atoms with Crippen molar-refractivity contribution in [1.82, 2.24) is 15.0 Å². The maximum Gasteiger partial charge on any atom is 0.348 e. The zero-order valence-corrected chi connectivity index (χ0v) is 22.9. The van der Waals surface area contributed by atoms with Gasteiger partial charge in [-0.15, -0.1) is 0 Å². The SMILES string of the molecule is Bc1cc2c(cc1C(B)(B)N(B)C(=O)C(F)(F)c1ccc(Cl)cc1)C(B)(B)N(C1CCC(=O)NC1=O)C2=O. The number of fused-ring (bicyclic) bond motifs is 1. The fraction of sp³-hybridized carbons (Fsp3) is 0.273. The molecule has 0 radical (unpaired) electrons. The first-order chi connectivity index (χ1) is 17.5. The highest BCUT2D eigenvalue weighted by molar-refractivity contribution is 6.47. The maximum absolute atomic E-state index is 15.2. The van der Waals surface area contributed by atoms with Gasteiger partial charge in [0.2, 0.25) is 19.8 Å². The van der Waals surface area contributed by atoms with E-state index in [2.05, 4.69) is 5.32 Å². The number of rotatable bonds is 5. The number of alkyl halides is 2. The molecule has 7 nitrogen and oxygen atoms in total. The molecule has 2 heterocycles. The van der Waals surface area contributed by atoms with Gasteiger partial charge in [0.1, 0.15) is 45.3 Å². The molecule has 4 rings (SSSR count). The van der Waals surface area contributed by atoms with Crippen LogP contribution in [0, 0.1) is 0 Å². The Morgan fingerprint density at radius 2 is 1.74 bits per heavy atom. The molecule has 38 heavy (non-hydrogen) atoms. The summed E-state index contributed by atoms with van der Waals surface area (Å²) in [6.45, 7) is 0. The predicted molar refractivity (Wildman–Crippen MR) is 155 cm³/mol. The van der Waals surface area contributed by atoms with Crippen molar-refractivity contribution in [3.8, 4) is 0 Å². The number of halogens is 3. The summed E-state index contributed by atoms with van der Waals surface area (Å²) >= 11 is 5.82. The molecule has 4 amide bonds. The summed E-state index contributed by atoms with van der Waals surface area (Å²) in [5.74, 6) is -6.42. The largest absolute Gasteiger partial charge is 0.393 e. The summed E-state index contributed by atoms with van der Waals surface area (Å²) in [7, 11) is 10.0. The zero-order chi connectivity index (χ0) is 28.4. The van der Waals surface area contributed by atoms with Gasteiger partial charge >= 0.3 is 5.92 Å². The molecule has 2 aromatic carbocycles. The molecule has 1 N–H and O–H groups in total. The molecule has 0 saturated carbocycles. The molecular weight excluding hydrogens is 509 g/mol. The Labute approximate surface area is 229 Å². The van der Waals surface area contributed by atoms with Gasteiger partial charge in [-0.3, -0.25) is 24.5 Å². The van der Waals surface area contributed by atoms with Crippen LogP contribution in [0.25, 0.3) is 0 Å². The first kappa shape index (κ1) is 28.1. The second-order valence-electron chi connectivity index (χ2n) is 10.9. The van der Waals surface area contributed by atoms with Gasteiger partial charge in [0, 0.05) is 27.9 Å². The smallest absolute Gasteiger partial charge is 0.348 e. The summed E-state index contributed by atoms with van der Waals surface area (Å²) in [6.07, 6.45) is 0.334. The fourth-order valence-electron chi connectivity index (χ4n) is 5.45. The molecule has 2 aliphatic heterocycles. The molecule has 2 aromatic rings. The van der Waals surface area contributed by atoms with E-state index in [0.717, 1.165) is 16.9 Å². The van der Waals surface area contributed by atoms with E-state index >= 15 is 8.78 Å². The molecule has 1 saturated heterocycles. The lowest BCUT2D eigenvalue weighted by atomic mass is 9.51. The number of nitrogens with one attached hydrogen (secondary N) is 1. The lowest BCUT2D eigenvalue weighted by molar-refractivity contribution is -0.155. The topological polar surface area (TPSA) is 86.8 Å². The predicted octanol–water partition coefficient (Wildman–Crippen LogP) is -4.22. The molecule has 2 aliphatic rings. The number of hydrogen-bond donors (Lipinski definition) is 1. The molecule has 190 valence electrons. The highest BCUT2D eigenvalue weighted by atomic mass is 35.5. The lowest BCUT2D eigenvalue weighted by Gasteiger charge is -2.42. The molecular formula is C22H24B6ClF2N3O4. The van der Waals surface area contributed by atoms with Gasteiger partial charge in [-0.1, -0.05) is 41.3 Å². The number of nitrogens with zero attached hydrogens (tertiary/aromatic N) is 2. The summed E-state index contributed by atoms with van der Waals surface area (Å²) in [5.41, 5.74) is 1.78. The highest BCUT2D eigenvalue weighted by Gasteiger charge is 2.50. The van der Waals surface area contributed by atoms with Gasteiger partial charge in [-0.25, -0.2) is 0 Å². The monoisotopic (exact) mass is 533 g/mol. The summed E-state index contributed by atoms with van der Waals surface area (Å²) in [6, 6.07) is 7.49. The van der Waals surface area contributed by atoms with Gasteiger partial charge in [0.05, 0.1) is 0 Å². The van der Waals surface area contributed by atoms with Crippen molar-refractivity contribution in [3.63, 3.8) is 0 Å². The van der Waals surface area contributed by atoms with Crippen molar-refractivity contribution in [2.24, 2.45) is 0 Å². The van der Waals surface area contributed by atoms with Crippen LogP contribution >= 0.6 is 11.6 Å². The van der Waals surface area contributed by atoms with Gasteiger partial charge in [0.25, 0.3) is 11.8 Å². The minimum atomic E-state index is -3.79. The van der Waals surface area contributed by atoms with E-state index < -0.39 is 40.0 Å². The van der Waals surface area contributed by atoms with E-state index in [1.54, 1.807) is 51.4 Å². The number of carbonyl (C=O) groups is 4. The van der Waals surface area contributed by atoms with Crippen LogP contribution in [0.2, 0.25) is 5.02 Å². The number of hydrogen-bond acceptors (Lipinski definition) is 4. The second kappa shape index (κ2) is 9.36. The Morgan fingerprint density at radius 3 is 2.32 bits per heavy atom. The van der Waals surface area contributed by atoms with Crippen molar-refractivity contribution < 1.29 is 28.0 Å². The molecule has 16 heteroatoms. The van der Waals surface area contributed by atoms with Crippen molar-refractivity contribution in [3.05, 3.63) is 63.7 Å². The third-order valence-corrected chi connectivity index (χ3v) is 8.13. The maximum atomic E-state index is 15.2. The van der Waals surface area contributed by atoms with Gasteiger partial charge in [-0.2, -0.15) is 8.78 Å². The number of carbonyl (C=O) groups excluding carboxylic acids is 4. The Bertz CT molecular complexity index is 1380. The molecule has 1 unspecified atom stereocenters. The van der Waals surface area contributed by atoms with Crippen LogP contribution in [0.3, 0.4) is 0 Å². The zero-order valence-electron chi connectivity index (χ0n) is 22.1. The van der Waals surface area contributed by atoms with Crippen molar-refractivity contribution in [1.29, 1.82) is 0 Å². The van der Waals surface area contributed by atoms with E-state index in [9.17, 15) is 19.2 Å². The van der Waals surface area contributed by atoms with Crippen molar-refractivity contribution >= 4 is 87.9 Å². The van der Waals surface area contributed by atoms with Crippen LogP contribution in [0.4, 0.5) is 8.78 Å². The first-order valence-electron chi connectivity index (χ1n) is 12.3. The van der Waals surface area contributed by atoms with Crippen molar-refractivity contribution in [2.45, 2.75) is 35.5 Å². The third-order valence-electron chi connectivity index (χ3n) is 7.87. The Balaban J connectivity index is 1.71. The van der Waals surface area contributed by atoms with Gasteiger partial charge in [0.15, 0.2) is 0 Å². The summed E-state index contributed by atoms with van der Waals surface area (Å²) < 4.78 is 30.5. The van der Waals surface area contributed by atoms with Crippen LogP contribution in [0.1, 0.15) is 39.9 Å². The molecule has 0 aromatic heterocycles. The molecule has 0 aliphatic carbocycles. The third kappa shape index (κ3) is 4.38. The summed E-state index contributed by atoms with van der Waals surface area (Å²) in [5, 5.41) is 0.468. The minimum Gasteiger partial charge on any atom is -0.393 e. The van der Waals surface area contributed by atoms with Crippen molar-refractivity contribution in [2.75, 3.05) is 0 Å². The van der Waals surface area contributed by atoms with Crippen LogP contribution in [0.15, 0.2) is 36.4 Å². The standard InChI is InChI=1S/C22H24B6ClF2N3O4/c23-14-7-11-12(21(24,25)33(18(11)37)15-5-6-16(35)32-17(15)36)8-13(14)22(26,27)34(28)19(38)20(30,31)9-1-3-10(29)4-2-9/h1-4,7-8,15H,5-6,23-28H2,(H,32,35,36). The molecule has 1 fully saturated rings. The number of imide groups is 1. The number of amides is 4. The Kier molecular flexibility index (Phi) is 6.92. The van der Waals surface area contributed by atoms with E-state index in [4.69, 9.17) is 11.6 Å².